The van der Waals surface area contributed by atoms with E-state index >= 15 is 0 Å². The monoisotopic (exact) mass is 328 g/mol. The maximum atomic E-state index is 4.58. The number of benzene rings is 1. The molecule has 3 aromatic rings. The lowest BCUT2D eigenvalue weighted by atomic mass is 10.3. The summed E-state index contributed by atoms with van der Waals surface area (Å²) in [5, 5.41) is 3.31. The van der Waals surface area contributed by atoms with E-state index in [1.165, 1.54) is 0 Å². The molecule has 5 heteroatoms. The van der Waals surface area contributed by atoms with Gasteiger partial charge in [-0.2, -0.15) is 0 Å². The van der Waals surface area contributed by atoms with Crippen molar-refractivity contribution in [2.24, 2.45) is 0 Å². The fraction of sp³-hybridized carbons (Fsp3) is 0.133. The third kappa shape index (κ3) is 2.77. The maximum absolute atomic E-state index is 4.58. The molecule has 0 atom stereocenters. The zero-order valence-corrected chi connectivity index (χ0v) is 12.6. The first kappa shape index (κ1) is 13.0. The fourth-order valence-corrected chi connectivity index (χ4v) is 2.14. The second kappa shape index (κ2) is 5.54. The smallest absolute Gasteiger partial charge is 0.109 e. The molecule has 3 rings (SSSR count). The number of hydrogen-bond acceptors (Lipinski definition) is 4. The van der Waals surface area contributed by atoms with Crippen molar-refractivity contribution in [1.29, 1.82) is 0 Å². The second-order valence-corrected chi connectivity index (χ2v) is 5.29. The molecule has 1 N–H and O–H groups in total. The maximum Gasteiger partial charge on any atom is 0.109 e. The topological polar surface area (TPSA) is 50.7 Å². The number of nitrogens with one attached hydrogen (secondary N) is 1. The van der Waals surface area contributed by atoms with Crippen LogP contribution in [0.25, 0.3) is 11.0 Å². The van der Waals surface area contributed by atoms with Gasteiger partial charge >= 0.3 is 0 Å². The van der Waals surface area contributed by atoms with E-state index in [0.29, 0.717) is 6.54 Å². The van der Waals surface area contributed by atoms with Crippen LogP contribution in [0.15, 0.2) is 47.3 Å². The molecule has 0 spiro atoms. The quantitative estimate of drug-likeness (QED) is 0.744. The van der Waals surface area contributed by atoms with Crippen molar-refractivity contribution >= 4 is 32.7 Å². The van der Waals surface area contributed by atoms with Crippen LogP contribution in [0.3, 0.4) is 0 Å². The number of anilines is 1. The molecule has 0 bridgehead atoms. The Balaban J connectivity index is 1.77. The Morgan fingerprint density at radius 2 is 1.90 bits per heavy atom. The minimum Gasteiger partial charge on any atom is -0.378 e. The third-order valence-electron chi connectivity index (χ3n) is 2.99. The molecular weight excluding hydrogens is 316 g/mol. The van der Waals surface area contributed by atoms with Crippen LogP contribution >= 0.6 is 15.9 Å². The molecule has 0 saturated carbocycles. The summed E-state index contributed by atoms with van der Waals surface area (Å²) in [5.41, 5.74) is 4.80. The van der Waals surface area contributed by atoms with E-state index in [2.05, 4.69) is 36.2 Å². The summed E-state index contributed by atoms with van der Waals surface area (Å²) in [4.78, 5) is 13.2. The number of nitrogens with zero attached hydrogens (tertiary/aromatic N) is 3. The molecule has 2 heterocycles. The molecule has 0 aliphatic rings. The first-order valence-corrected chi connectivity index (χ1v) is 7.08. The van der Waals surface area contributed by atoms with E-state index in [1.54, 1.807) is 12.4 Å². The fourth-order valence-electron chi connectivity index (χ4n) is 1.93. The number of halogens is 1. The molecule has 0 radical (unpaired) electrons. The van der Waals surface area contributed by atoms with E-state index in [-0.39, 0.29) is 0 Å². The predicted octanol–water partition coefficient (Wildman–Crippen LogP) is 3.71. The molecule has 0 unspecified atom stereocenters. The summed E-state index contributed by atoms with van der Waals surface area (Å²) in [6, 6.07) is 9.91. The van der Waals surface area contributed by atoms with Crippen LogP contribution in [0.4, 0.5) is 5.69 Å². The van der Waals surface area contributed by atoms with Gasteiger partial charge in [0, 0.05) is 0 Å². The largest absolute Gasteiger partial charge is 0.378 e. The van der Waals surface area contributed by atoms with E-state index in [9.17, 15) is 0 Å². The van der Waals surface area contributed by atoms with Gasteiger partial charge in [0.05, 0.1) is 41.4 Å². The van der Waals surface area contributed by atoms with Crippen LogP contribution in [0.5, 0.6) is 0 Å². The summed E-state index contributed by atoms with van der Waals surface area (Å²) >= 11 is 3.39. The standard InChI is InChI=1S/C15H13BrN4/c1-10-6-11(7-19-15(10)16)17-8-12-9-18-13-4-2-3-5-14(13)20-12/h2-7,9,17H,8H2,1H3. The van der Waals surface area contributed by atoms with Gasteiger partial charge in [0.1, 0.15) is 4.60 Å². The van der Waals surface area contributed by atoms with Gasteiger partial charge in [-0.05, 0) is 46.6 Å². The van der Waals surface area contributed by atoms with Crippen LogP contribution in [0, 0.1) is 6.92 Å². The van der Waals surface area contributed by atoms with Gasteiger partial charge in [-0.1, -0.05) is 12.1 Å². The van der Waals surface area contributed by atoms with Gasteiger partial charge in [-0.25, -0.2) is 9.97 Å². The Hall–Kier alpha value is -2.01. The zero-order valence-electron chi connectivity index (χ0n) is 11.0. The van der Waals surface area contributed by atoms with E-state index < -0.39 is 0 Å². The van der Waals surface area contributed by atoms with E-state index in [4.69, 9.17) is 0 Å². The molecule has 0 aliphatic carbocycles. The van der Waals surface area contributed by atoms with Crippen molar-refractivity contribution in [3.05, 3.63) is 58.6 Å². The molecule has 0 amide bonds. The highest BCUT2D eigenvalue weighted by Gasteiger charge is 2.01. The number of hydrogen-bond donors (Lipinski definition) is 1. The Bertz CT molecular complexity index is 758. The van der Waals surface area contributed by atoms with E-state index in [1.807, 2.05) is 37.3 Å². The van der Waals surface area contributed by atoms with E-state index in [0.717, 1.165) is 32.6 Å². The second-order valence-electron chi connectivity index (χ2n) is 4.54. The number of aromatic nitrogens is 3. The number of rotatable bonds is 3. The molecule has 4 nitrogen and oxygen atoms in total. The highest BCUT2D eigenvalue weighted by molar-refractivity contribution is 9.10. The van der Waals surface area contributed by atoms with Crippen LogP contribution in [0.2, 0.25) is 0 Å². The average Bonchev–Trinajstić information content (AvgIpc) is 2.48. The molecule has 0 aliphatic heterocycles. The number of pyridine rings is 1. The first-order chi connectivity index (χ1) is 9.72. The molecule has 0 saturated heterocycles. The molecule has 2 aromatic heterocycles. The van der Waals surface area contributed by atoms with Crippen LogP contribution < -0.4 is 5.32 Å². The molecule has 0 fully saturated rings. The Morgan fingerprint density at radius 1 is 1.10 bits per heavy atom. The Kier molecular flexibility index (Phi) is 3.60. The molecule has 20 heavy (non-hydrogen) atoms. The number of aryl methyl sites for hydroxylation is 1. The summed E-state index contributed by atoms with van der Waals surface area (Å²) in [6.07, 6.45) is 3.60. The minimum absolute atomic E-state index is 0.626. The van der Waals surface area contributed by atoms with Crippen molar-refractivity contribution in [3.63, 3.8) is 0 Å². The number of fused-ring (bicyclic) bond motifs is 1. The molecule has 100 valence electrons. The van der Waals surface area contributed by atoms with Gasteiger partial charge in [0.2, 0.25) is 0 Å². The van der Waals surface area contributed by atoms with Crippen LogP contribution in [-0.2, 0) is 6.54 Å². The Labute approximate surface area is 125 Å². The zero-order chi connectivity index (χ0) is 13.9. The summed E-state index contributed by atoms with van der Waals surface area (Å²) in [5.74, 6) is 0. The molecular formula is C15H13BrN4. The number of para-hydroxylation sites is 2. The molecule has 1 aromatic carbocycles. The van der Waals surface area contributed by atoms with Crippen molar-refractivity contribution in [1.82, 2.24) is 15.0 Å². The lowest BCUT2D eigenvalue weighted by molar-refractivity contribution is 1.03. The lowest BCUT2D eigenvalue weighted by Crippen LogP contribution is -2.03. The third-order valence-corrected chi connectivity index (χ3v) is 3.82. The lowest BCUT2D eigenvalue weighted by Gasteiger charge is -2.07. The van der Waals surface area contributed by atoms with Crippen molar-refractivity contribution < 1.29 is 0 Å². The minimum atomic E-state index is 0.626. The van der Waals surface area contributed by atoms with Gasteiger partial charge < -0.3 is 5.32 Å². The summed E-state index contributed by atoms with van der Waals surface area (Å²) < 4.78 is 0.869. The highest BCUT2D eigenvalue weighted by atomic mass is 79.9. The van der Waals surface area contributed by atoms with Crippen molar-refractivity contribution in [2.75, 3.05) is 5.32 Å². The van der Waals surface area contributed by atoms with Crippen molar-refractivity contribution in [3.8, 4) is 0 Å². The highest BCUT2D eigenvalue weighted by Crippen LogP contribution is 2.17. The normalized spacial score (nSPS) is 10.7. The Morgan fingerprint density at radius 3 is 2.70 bits per heavy atom. The van der Waals surface area contributed by atoms with Gasteiger partial charge in [-0.15, -0.1) is 0 Å². The van der Waals surface area contributed by atoms with Crippen LogP contribution in [0.1, 0.15) is 11.3 Å². The first-order valence-electron chi connectivity index (χ1n) is 6.29. The summed E-state index contributed by atoms with van der Waals surface area (Å²) in [6.45, 7) is 2.64. The van der Waals surface area contributed by atoms with Gasteiger partial charge in [-0.3, -0.25) is 4.98 Å². The van der Waals surface area contributed by atoms with Crippen LogP contribution in [-0.4, -0.2) is 15.0 Å². The SMILES string of the molecule is Cc1cc(NCc2cnc3ccccc3n2)cnc1Br. The van der Waals surface area contributed by atoms with Gasteiger partial charge in [0.15, 0.2) is 0 Å². The van der Waals surface area contributed by atoms with Gasteiger partial charge in [0.25, 0.3) is 0 Å². The van der Waals surface area contributed by atoms with Crippen molar-refractivity contribution in [2.45, 2.75) is 13.5 Å². The summed E-state index contributed by atoms with van der Waals surface area (Å²) in [7, 11) is 0. The average molecular weight is 329 g/mol. The predicted molar refractivity (Wildman–Crippen MR) is 83.5 cm³/mol.